The molecule has 0 aliphatic carbocycles. The molecule has 2 rings (SSSR count). The van der Waals surface area contributed by atoms with E-state index in [1.165, 1.54) is 42.7 Å². The highest BCUT2D eigenvalue weighted by molar-refractivity contribution is 5.95. The molecule has 130 valence electrons. The molecule has 0 radical (unpaired) electrons. The average Bonchev–Trinajstić information content (AvgIpc) is 2.67. The number of hydrogen-bond acceptors (Lipinski definition) is 8. The van der Waals surface area contributed by atoms with Crippen LogP contribution in [0.5, 0.6) is 0 Å². The van der Waals surface area contributed by atoms with E-state index in [4.69, 9.17) is 5.26 Å². The van der Waals surface area contributed by atoms with Crippen LogP contribution in [0.1, 0.15) is 10.4 Å². The number of amides is 2. The standard InChI is InChI=1S/C15H11N7O4/c16-8-13(19-18-11-3-5-12(6-4-11)22(25)26)15(24)21-20-14(23)10-2-1-7-17-9-10/h1-7,9,13H,(H,20,23)(H,21,24)/t13-/m1/s1. The van der Waals surface area contributed by atoms with Crippen molar-refractivity contribution in [2.24, 2.45) is 10.2 Å². The number of nitriles is 1. The minimum absolute atomic E-state index is 0.128. The number of hydrogen-bond donors (Lipinski definition) is 2. The van der Waals surface area contributed by atoms with E-state index in [9.17, 15) is 19.7 Å². The van der Waals surface area contributed by atoms with Gasteiger partial charge in [0, 0.05) is 24.5 Å². The van der Waals surface area contributed by atoms with Gasteiger partial charge in [0.2, 0.25) is 6.04 Å². The Balaban J connectivity index is 1.94. The molecule has 0 saturated carbocycles. The first-order valence-corrected chi connectivity index (χ1v) is 7.06. The van der Waals surface area contributed by atoms with Crippen molar-refractivity contribution in [3.63, 3.8) is 0 Å². The van der Waals surface area contributed by atoms with Crippen molar-refractivity contribution in [2.75, 3.05) is 0 Å². The number of rotatable bonds is 5. The summed E-state index contributed by atoms with van der Waals surface area (Å²) in [4.78, 5) is 37.4. The molecule has 0 spiro atoms. The lowest BCUT2D eigenvalue weighted by Crippen LogP contribution is -2.45. The van der Waals surface area contributed by atoms with Gasteiger partial charge in [-0.05, 0) is 24.3 Å². The smallest absolute Gasteiger partial charge is 0.269 e. The molecule has 2 amide bonds. The first-order chi connectivity index (χ1) is 12.5. The molecule has 1 heterocycles. The van der Waals surface area contributed by atoms with Gasteiger partial charge in [-0.25, -0.2) is 0 Å². The zero-order chi connectivity index (χ0) is 18.9. The van der Waals surface area contributed by atoms with Crippen LogP contribution in [0.15, 0.2) is 59.0 Å². The van der Waals surface area contributed by atoms with Crippen LogP contribution in [0.25, 0.3) is 0 Å². The number of non-ortho nitro benzene ring substituents is 1. The van der Waals surface area contributed by atoms with Crippen LogP contribution in [-0.4, -0.2) is 27.8 Å². The molecule has 26 heavy (non-hydrogen) atoms. The Hall–Kier alpha value is -4.20. The van der Waals surface area contributed by atoms with Crippen molar-refractivity contribution < 1.29 is 14.5 Å². The minimum atomic E-state index is -1.51. The Morgan fingerprint density at radius 2 is 1.96 bits per heavy atom. The number of nitrogens with zero attached hydrogens (tertiary/aromatic N) is 5. The number of pyridine rings is 1. The van der Waals surface area contributed by atoms with Crippen LogP contribution < -0.4 is 10.9 Å². The molecule has 2 aromatic rings. The van der Waals surface area contributed by atoms with E-state index in [1.54, 1.807) is 12.1 Å². The van der Waals surface area contributed by atoms with E-state index >= 15 is 0 Å². The molecule has 2 N–H and O–H groups in total. The number of azo groups is 1. The number of aromatic nitrogens is 1. The number of nitro groups is 1. The van der Waals surface area contributed by atoms with Crippen LogP contribution in [0.2, 0.25) is 0 Å². The Morgan fingerprint density at radius 3 is 2.54 bits per heavy atom. The summed E-state index contributed by atoms with van der Waals surface area (Å²) in [6.45, 7) is 0. The quantitative estimate of drug-likeness (QED) is 0.469. The van der Waals surface area contributed by atoms with Crippen LogP contribution in [-0.2, 0) is 4.79 Å². The van der Waals surface area contributed by atoms with Gasteiger partial charge < -0.3 is 0 Å². The second-order valence-electron chi connectivity index (χ2n) is 4.71. The number of nitrogens with one attached hydrogen (secondary N) is 2. The van der Waals surface area contributed by atoms with Crippen molar-refractivity contribution >= 4 is 23.2 Å². The van der Waals surface area contributed by atoms with Gasteiger partial charge in [-0.3, -0.25) is 35.5 Å². The van der Waals surface area contributed by atoms with Crippen molar-refractivity contribution in [3.05, 3.63) is 64.5 Å². The third kappa shape index (κ3) is 4.90. The van der Waals surface area contributed by atoms with E-state index in [0.29, 0.717) is 0 Å². The summed E-state index contributed by atoms with van der Waals surface area (Å²) in [5.41, 5.74) is 4.50. The van der Waals surface area contributed by atoms with Crippen molar-refractivity contribution in [1.82, 2.24) is 15.8 Å². The third-order valence-corrected chi connectivity index (χ3v) is 2.94. The van der Waals surface area contributed by atoms with Crippen molar-refractivity contribution in [2.45, 2.75) is 6.04 Å². The molecule has 0 saturated heterocycles. The highest BCUT2D eigenvalue weighted by atomic mass is 16.6. The minimum Gasteiger partial charge on any atom is -0.269 e. The summed E-state index contributed by atoms with van der Waals surface area (Å²) < 4.78 is 0. The van der Waals surface area contributed by atoms with Gasteiger partial charge in [-0.1, -0.05) is 0 Å². The predicted molar refractivity (Wildman–Crippen MR) is 86.9 cm³/mol. The summed E-state index contributed by atoms with van der Waals surface area (Å²) in [7, 11) is 0. The summed E-state index contributed by atoms with van der Waals surface area (Å²) in [6, 6.07) is 8.21. The average molecular weight is 353 g/mol. The van der Waals surface area contributed by atoms with E-state index in [-0.39, 0.29) is 16.9 Å². The summed E-state index contributed by atoms with van der Waals surface area (Å²) in [5.74, 6) is -1.51. The van der Waals surface area contributed by atoms with Crippen molar-refractivity contribution in [3.8, 4) is 6.07 Å². The molecule has 11 nitrogen and oxygen atoms in total. The summed E-state index contributed by atoms with van der Waals surface area (Å²) in [5, 5.41) is 26.8. The predicted octanol–water partition coefficient (Wildman–Crippen LogP) is 1.43. The van der Waals surface area contributed by atoms with Gasteiger partial charge >= 0.3 is 0 Å². The second kappa shape index (κ2) is 8.60. The lowest BCUT2D eigenvalue weighted by atomic mass is 10.3. The zero-order valence-electron chi connectivity index (χ0n) is 13.1. The first kappa shape index (κ1) is 18.1. The monoisotopic (exact) mass is 353 g/mol. The molecular weight excluding hydrogens is 342 g/mol. The molecule has 1 atom stereocenters. The molecule has 1 aromatic heterocycles. The fourth-order valence-corrected chi connectivity index (χ4v) is 1.66. The zero-order valence-corrected chi connectivity index (χ0v) is 13.1. The number of hydrazine groups is 1. The van der Waals surface area contributed by atoms with Gasteiger partial charge in [0.05, 0.1) is 16.2 Å². The Morgan fingerprint density at radius 1 is 1.23 bits per heavy atom. The molecular formula is C15H11N7O4. The van der Waals surface area contributed by atoms with E-state index in [0.717, 1.165) is 0 Å². The number of carbonyl (C=O) groups excluding carboxylic acids is 2. The van der Waals surface area contributed by atoms with Gasteiger partial charge in [0.1, 0.15) is 6.07 Å². The number of benzene rings is 1. The van der Waals surface area contributed by atoms with Crippen LogP contribution in [0, 0.1) is 21.4 Å². The van der Waals surface area contributed by atoms with Gasteiger partial charge in [0.15, 0.2) is 0 Å². The maximum Gasteiger partial charge on any atom is 0.279 e. The number of carbonyl (C=O) groups is 2. The molecule has 0 unspecified atom stereocenters. The van der Waals surface area contributed by atoms with Crippen LogP contribution in [0.3, 0.4) is 0 Å². The van der Waals surface area contributed by atoms with Crippen LogP contribution in [0.4, 0.5) is 11.4 Å². The van der Waals surface area contributed by atoms with E-state index in [2.05, 4.69) is 26.1 Å². The molecule has 0 fully saturated rings. The fourth-order valence-electron chi connectivity index (χ4n) is 1.66. The fraction of sp³-hybridized carbons (Fsp3) is 0.0667. The largest absolute Gasteiger partial charge is 0.279 e. The Bertz CT molecular complexity index is 875. The topological polar surface area (TPSA) is 163 Å². The highest BCUT2D eigenvalue weighted by Crippen LogP contribution is 2.18. The normalized spacial score (nSPS) is 11.3. The van der Waals surface area contributed by atoms with Gasteiger partial charge in [0.25, 0.3) is 17.5 Å². The van der Waals surface area contributed by atoms with Crippen LogP contribution >= 0.6 is 0 Å². The molecule has 0 bridgehead atoms. The second-order valence-corrected chi connectivity index (χ2v) is 4.71. The highest BCUT2D eigenvalue weighted by Gasteiger charge is 2.18. The van der Waals surface area contributed by atoms with E-state index in [1.807, 2.05) is 0 Å². The maximum atomic E-state index is 11.9. The lowest BCUT2D eigenvalue weighted by Gasteiger charge is -2.07. The lowest BCUT2D eigenvalue weighted by molar-refractivity contribution is -0.384. The molecule has 1 aromatic carbocycles. The van der Waals surface area contributed by atoms with Gasteiger partial charge in [-0.15, -0.1) is 0 Å². The summed E-state index contributed by atoms with van der Waals surface area (Å²) >= 11 is 0. The Kier molecular flexibility index (Phi) is 6.00. The number of nitro benzene ring substituents is 1. The molecule has 11 heteroatoms. The molecule has 0 aliphatic heterocycles. The van der Waals surface area contributed by atoms with Crippen molar-refractivity contribution in [1.29, 1.82) is 5.26 Å². The first-order valence-electron chi connectivity index (χ1n) is 7.06. The van der Waals surface area contributed by atoms with Gasteiger partial charge in [-0.2, -0.15) is 15.5 Å². The summed E-state index contributed by atoms with van der Waals surface area (Å²) in [6.07, 6.45) is 2.79. The maximum absolute atomic E-state index is 11.9. The SMILES string of the molecule is N#C[C@@H](N=Nc1ccc([N+](=O)[O-])cc1)C(=O)NNC(=O)c1cccnc1. The Labute approximate surface area is 146 Å². The third-order valence-electron chi connectivity index (χ3n) is 2.94. The van der Waals surface area contributed by atoms with E-state index < -0.39 is 22.8 Å². The molecule has 0 aliphatic rings.